The number of benzene rings is 1. The minimum atomic E-state index is -0.276. The highest BCUT2D eigenvalue weighted by molar-refractivity contribution is 5.78. The van der Waals surface area contributed by atoms with Gasteiger partial charge in [0, 0.05) is 7.05 Å². The van der Waals surface area contributed by atoms with Crippen LogP contribution < -0.4 is 9.47 Å². The average molecular weight is 259 g/mol. The number of nitrogens with zero attached hydrogens (tertiary/aromatic N) is 3. The summed E-state index contributed by atoms with van der Waals surface area (Å²) in [4.78, 5) is 14.5. The Morgan fingerprint density at radius 2 is 2.05 bits per heavy atom. The highest BCUT2D eigenvalue weighted by Gasteiger charge is 2.36. The molecule has 0 bridgehead atoms. The SMILES string of the molecule is CN1C(=O)N(C#N)CC1c1ccc2c(c1)OCCO2. The first-order chi connectivity index (χ1) is 9.20. The second-order valence-corrected chi connectivity index (χ2v) is 4.52. The van der Waals surface area contributed by atoms with E-state index in [2.05, 4.69) is 0 Å². The first-order valence-corrected chi connectivity index (χ1v) is 6.04. The summed E-state index contributed by atoms with van der Waals surface area (Å²) in [5, 5.41) is 8.89. The van der Waals surface area contributed by atoms with Crippen molar-refractivity contribution in [2.45, 2.75) is 6.04 Å². The molecule has 6 heteroatoms. The number of urea groups is 1. The van der Waals surface area contributed by atoms with Gasteiger partial charge in [0.25, 0.3) is 0 Å². The molecule has 1 saturated heterocycles. The Labute approximate surface area is 110 Å². The molecular weight excluding hydrogens is 246 g/mol. The molecule has 2 aliphatic heterocycles. The number of hydrogen-bond donors (Lipinski definition) is 0. The Balaban J connectivity index is 1.91. The van der Waals surface area contributed by atoms with E-state index < -0.39 is 0 Å². The summed E-state index contributed by atoms with van der Waals surface area (Å²) < 4.78 is 11.0. The van der Waals surface area contributed by atoms with Crippen LogP contribution in [0.2, 0.25) is 0 Å². The van der Waals surface area contributed by atoms with E-state index in [-0.39, 0.29) is 12.1 Å². The largest absolute Gasteiger partial charge is 0.486 e. The topological polar surface area (TPSA) is 65.8 Å². The Bertz CT molecular complexity index is 567. The van der Waals surface area contributed by atoms with Crippen molar-refractivity contribution in [3.8, 4) is 17.7 Å². The van der Waals surface area contributed by atoms with Gasteiger partial charge in [-0.1, -0.05) is 6.07 Å². The van der Waals surface area contributed by atoms with Crippen LogP contribution in [0.4, 0.5) is 4.79 Å². The normalized spacial score (nSPS) is 21.5. The Kier molecular flexibility index (Phi) is 2.67. The van der Waals surface area contributed by atoms with Crippen LogP contribution in [0.25, 0.3) is 0 Å². The van der Waals surface area contributed by atoms with Crippen LogP contribution in [-0.2, 0) is 0 Å². The number of amides is 2. The second kappa shape index (κ2) is 4.35. The number of carbonyl (C=O) groups excluding carboxylic acids is 1. The zero-order chi connectivity index (χ0) is 13.4. The highest BCUT2D eigenvalue weighted by Crippen LogP contribution is 2.35. The van der Waals surface area contributed by atoms with Crippen LogP contribution in [0.15, 0.2) is 18.2 Å². The van der Waals surface area contributed by atoms with Crippen molar-refractivity contribution in [1.29, 1.82) is 5.26 Å². The average Bonchev–Trinajstić information content (AvgIpc) is 2.74. The van der Waals surface area contributed by atoms with Crippen molar-refractivity contribution < 1.29 is 14.3 Å². The van der Waals surface area contributed by atoms with Crippen molar-refractivity contribution in [3.05, 3.63) is 23.8 Å². The van der Waals surface area contributed by atoms with Crippen LogP contribution in [0.5, 0.6) is 11.5 Å². The predicted octanol–water partition coefficient (Wildman–Crippen LogP) is 1.35. The van der Waals surface area contributed by atoms with Gasteiger partial charge in [-0.25, -0.2) is 9.69 Å². The number of rotatable bonds is 1. The fourth-order valence-electron chi connectivity index (χ4n) is 2.38. The van der Waals surface area contributed by atoms with Gasteiger partial charge >= 0.3 is 6.03 Å². The molecule has 19 heavy (non-hydrogen) atoms. The maximum absolute atomic E-state index is 11.8. The van der Waals surface area contributed by atoms with E-state index in [1.165, 1.54) is 0 Å². The maximum atomic E-state index is 11.8. The summed E-state index contributed by atoms with van der Waals surface area (Å²) in [6.07, 6.45) is 1.89. The quantitative estimate of drug-likeness (QED) is 0.714. The molecule has 2 heterocycles. The van der Waals surface area contributed by atoms with Crippen LogP contribution in [0.1, 0.15) is 11.6 Å². The molecule has 1 fully saturated rings. The van der Waals surface area contributed by atoms with Gasteiger partial charge < -0.3 is 14.4 Å². The van der Waals surface area contributed by atoms with Crippen molar-refractivity contribution in [3.63, 3.8) is 0 Å². The number of nitriles is 1. The van der Waals surface area contributed by atoms with Gasteiger partial charge in [0.1, 0.15) is 13.2 Å². The first kappa shape index (κ1) is 11.7. The lowest BCUT2D eigenvalue weighted by atomic mass is 10.1. The van der Waals surface area contributed by atoms with E-state index in [0.29, 0.717) is 25.5 Å². The van der Waals surface area contributed by atoms with Crippen molar-refractivity contribution in [2.24, 2.45) is 0 Å². The molecular formula is C13H13N3O3. The predicted molar refractivity (Wildman–Crippen MR) is 65.7 cm³/mol. The Hall–Kier alpha value is -2.42. The van der Waals surface area contributed by atoms with E-state index >= 15 is 0 Å². The fraction of sp³-hybridized carbons (Fsp3) is 0.385. The number of likely N-dealkylation sites (N-methyl/N-ethyl adjacent to an activating group) is 1. The number of carbonyl (C=O) groups is 1. The molecule has 1 atom stereocenters. The third kappa shape index (κ3) is 1.83. The first-order valence-electron chi connectivity index (χ1n) is 6.04. The molecule has 0 saturated carbocycles. The molecule has 98 valence electrons. The van der Waals surface area contributed by atoms with Gasteiger partial charge in [-0.05, 0) is 17.7 Å². The van der Waals surface area contributed by atoms with Gasteiger partial charge in [0.05, 0.1) is 12.6 Å². The summed E-state index contributed by atoms with van der Waals surface area (Å²) in [5.74, 6) is 1.42. The Morgan fingerprint density at radius 1 is 1.32 bits per heavy atom. The smallest absolute Gasteiger partial charge is 0.333 e. The maximum Gasteiger partial charge on any atom is 0.333 e. The summed E-state index contributed by atoms with van der Waals surface area (Å²) in [7, 11) is 1.70. The van der Waals surface area contributed by atoms with E-state index in [0.717, 1.165) is 16.2 Å². The van der Waals surface area contributed by atoms with E-state index in [9.17, 15) is 4.79 Å². The second-order valence-electron chi connectivity index (χ2n) is 4.52. The number of hydrogen-bond acceptors (Lipinski definition) is 4. The van der Waals surface area contributed by atoms with Crippen molar-refractivity contribution in [2.75, 3.05) is 26.8 Å². The third-order valence-electron chi connectivity index (χ3n) is 3.43. The summed E-state index contributed by atoms with van der Waals surface area (Å²) in [6.45, 7) is 1.45. The molecule has 0 aliphatic carbocycles. The molecule has 0 N–H and O–H groups in total. The van der Waals surface area contributed by atoms with Gasteiger partial charge in [0.15, 0.2) is 17.7 Å². The summed E-state index contributed by atoms with van der Waals surface area (Å²) >= 11 is 0. The lowest BCUT2D eigenvalue weighted by Gasteiger charge is -2.22. The minimum absolute atomic E-state index is 0.136. The molecule has 0 aromatic heterocycles. The molecule has 3 rings (SSSR count). The molecule has 2 amide bonds. The molecule has 0 spiro atoms. The van der Waals surface area contributed by atoms with Gasteiger partial charge in [0.2, 0.25) is 0 Å². The number of ether oxygens (including phenoxy) is 2. The summed E-state index contributed by atoms with van der Waals surface area (Å²) in [5.41, 5.74) is 0.942. The van der Waals surface area contributed by atoms with Gasteiger partial charge in [-0.2, -0.15) is 5.26 Å². The molecule has 6 nitrogen and oxygen atoms in total. The van der Waals surface area contributed by atoms with E-state index in [4.69, 9.17) is 14.7 Å². The molecule has 0 radical (unpaired) electrons. The number of fused-ring (bicyclic) bond motifs is 1. The monoisotopic (exact) mass is 259 g/mol. The summed E-state index contributed by atoms with van der Waals surface area (Å²) in [6, 6.07) is 5.22. The zero-order valence-electron chi connectivity index (χ0n) is 10.5. The lowest BCUT2D eigenvalue weighted by Crippen LogP contribution is -2.26. The van der Waals surface area contributed by atoms with Crippen LogP contribution in [0, 0.1) is 11.5 Å². The molecule has 1 unspecified atom stereocenters. The van der Waals surface area contributed by atoms with Gasteiger partial charge in [-0.15, -0.1) is 0 Å². The molecule has 2 aliphatic rings. The van der Waals surface area contributed by atoms with Crippen LogP contribution >= 0.6 is 0 Å². The minimum Gasteiger partial charge on any atom is -0.486 e. The van der Waals surface area contributed by atoms with E-state index in [1.807, 2.05) is 24.4 Å². The molecule has 1 aromatic carbocycles. The molecule has 1 aromatic rings. The standard InChI is InChI=1S/C13H13N3O3/c1-15-10(7-16(8-14)13(15)17)9-2-3-11-12(6-9)19-5-4-18-11/h2-3,6,10H,4-5,7H2,1H3. The highest BCUT2D eigenvalue weighted by atomic mass is 16.6. The van der Waals surface area contributed by atoms with Crippen LogP contribution in [0.3, 0.4) is 0 Å². The van der Waals surface area contributed by atoms with Crippen molar-refractivity contribution in [1.82, 2.24) is 9.80 Å². The van der Waals surface area contributed by atoms with Gasteiger partial charge in [-0.3, -0.25) is 0 Å². The van der Waals surface area contributed by atoms with E-state index in [1.54, 1.807) is 11.9 Å². The zero-order valence-corrected chi connectivity index (χ0v) is 10.5. The van der Waals surface area contributed by atoms with Crippen molar-refractivity contribution >= 4 is 6.03 Å². The fourth-order valence-corrected chi connectivity index (χ4v) is 2.38. The third-order valence-corrected chi connectivity index (χ3v) is 3.43. The lowest BCUT2D eigenvalue weighted by molar-refractivity contribution is 0.171. The Morgan fingerprint density at radius 3 is 2.74 bits per heavy atom. The van der Waals surface area contributed by atoms with Crippen LogP contribution in [-0.4, -0.2) is 42.6 Å².